The second kappa shape index (κ2) is 10.4. The molecule has 0 atom stereocenters. The lowest BCUT2D eigenvalue weighted by molar-refractivity contribution is -0.137. The molecule has 0 spiro atoms. The number of anilines is 1. The predicted octanol–water partition coefficient (Wildman–Crippen LogP) is 6.49. The van der Waals surface area contributed by atoms with Crippen LogP contribution in [-0.2, 0) is 12.8 Å². The first-order chi connectivity index (χ1) is 15.3. The topological polar surface area (TPSA) is 55.7 Å². The minimum Gasteiger partial charge on any atom is -0.490 e. The van der Waals surface area contributed by atoms with Gasteiger partial charge in [-0.25, -0.2) is 4.98 Å². The van der Waals surface area contributed by atoms with E-state index in [0.29, 0.717) is 35.3 Å². The fourth-order valence-electron chi connectivity index (χ4n) is 2.71. The summed E-state index contributed by atoms with van der Waals surface area (Å²) >= 11 is 6.41. The molecule has 0 aliphatic carbocycles. The quantitative estimate of drug-likeness (QED) is 0.306. The third kappa shape index (κ3) is 6.37. The Balaban J connectivity index is 1.71. The number of benzene rings is 2. The molecule has 3 aromatic rings. The van der Waals surface area contributed by atoms with Crippen LogP contribution >= 0.6 is 11.6 Å². The number of ether oxygens (including phenoxy) is 2. The van der Waals surface area contributed by atoms with Gasteiger partial charge in [0.15, 0.2) is 11.5 Å². The van der Waals surface area contributed by atoms with Crippen LogP contribution in [0.2, 0.25) is 5.02 Å². The number of hydrogen-bond acceptors (Lipinski definition) is 5. The maximum atomic E-state index is 12.6. The second-order valence-electron chi connectivity index (χ2n) is 6.84. The van der Waals surface area contributed by atoms with Crippen molar-refractivity contribution < 1.29 is 22.6 Å². The highest BCUT2D eigenvalue weighted by Gasteiger charge is 2.30. The van der Waals surface area contributed by atoms with Crippen molar-refractivity contribution in [1.29, 1.82) is 0 Å². The first-order valence-electron chi connectivity index (χ1n) is 9.73. The summed E-state index contributed by atoms with van der Waals surface area (Å²) in [6.07, 6.45) is -2.25. The zero-order chi connectivity index (χ0) is 23.1. The Morgan fingerprint density at radius 3 is 2.47 bits per heavy atom. The van der Waals surface area contributed by atoms with Crippen LogP contribution in [0.4, 0.5) is 19.0 Å². The van der Waals surface area contributed by atoms with Crippen molar-refractivity contribution in [2.45, 2.75) is 26.6 Å². The van der Waals surface area contributed by atoms with Crippen LogP contribution in [0.25, 0.3) is 0 Å². The van der Waals surface area contributed by atoms with Crippen LogP contribution in [0.15, 0.2) is 59.8 Å². The van der Waals surface area contributed by atoms with Crippen LogP contribution in [0.3, 0.4) is 0 Å². The van der Waals surface area contributed by atoms with E-state index in [9.17, 15) is 13.2 Å². The Bertz CT molecular complexity index is 1070. The number of nitrogens with zero attached hydrogens (tertiary/aromatic N) is 2. The molecule has 9 heteroatoms. The molecule has 0 saturated heterocycles. The van der Waals surface area contributed by atoms with Gasteiger partial charge in [-0.1, -0.05) is 41.4 Å². The standard InChI is InChI=1S/C23H21ClF3N3O2/c1-3-31-20-11-17(12-29-30-21-9-8-18(13-28-21)23(25,26)27)10-19(24)22(20)32-14-16-6-4-15(2)5-7-16/h4-13H,3,14H2,1-2H3,(H,28,30)/b29-12-. The van der Waals surface area contributed by atoms with E-state index in [2.05, 4.69) is 15.5 Å². The molecule has 1 aromatic heterocycles. The fourth-order valence-corrected chi connectivity index (χ4v) is 2.98. The molecule has 0 aliphatic rings. The summed E-state index contributed by atoms with van der Waals surface area (Å²) in [6.45, 7) is 4.59. The molecular weight excluding hydrogens is 443 g/mol. The number of alkyl halides is 3. The lowest BCUT2D eigenvalue weighted by Crippen LogP contribution is -2.05. The molecule has 3 rings (SSSR count). The zero-order valence-corrected chi connectivity index (χ0v) is 18.2. The van der Waals surface area contributed by atoms with Crippen LogP contribution in [0, 0.1) is 6.92 Å². The van der Waals surface area contributed by atoms with Crippen LogP contribution in [-0.4, -0.2) is 17.8 Å². The van der Waals surface area contributed by atoms with E-state index in [1.54, 1.807) is 12.1 Å². The van der Waals surface area contributed by atoms with Crippen LogP contribution in [0.1, 0.15) is 29.2 Å². The Morgan fingerprint density at radius 2 is 1.84 bits per heavy atom. The van der Waals surface area contributed by atoms with Crippen LogP contribution < -0.4 is 14.9 Å². The second-order valence-corrected chi connectivity index (χ2v) is 7.24. The molecule has 0 fully saturated rings. The van der Waals surface area contributed by atoms with Gasteiger partial charge in [-0.15, -0.1) is 0 Å². The molecule has 5 nitrogen and oxygen atoms in total. The van der Waals surface area contributed by atoms with Gasteiger partial charge >= 0.3 is 6.18 Å². The lowest BCUT2D eigenvalue weighted by Gasteiger charge is -2.14. The van der Waals surface area contributed by atoms with E-state index in [4.69, 9.17) is 21.1 Å². The van der Waals surface area contributed by atoms with Gasteiger partial charge < -0.3 is 9.47 Å². The van der Waals surface area contributed by atoms with Crippen molar-refractivity contribution in [3.63, 3.8) is 0 Å². The maximum absolute atomic E-state index is 12.6. The number of pyridine rings is 1. The van der Waals surface area contributed by atoms with Crippen molar-refractivity contribution >= 4 is 23.6 Å². The third-order valence-electron chi connectivity index (χ3n) is 4.32. The molecule has 0 bridgehead atoms. The summed E-state index contributed by atoms with van der Waals surface area (Å²) in [5.74, 6) is 1.05. The first-order valence-corrected chi connectivity index (χ1v) is 10.1. The molecule has 0 aliphatic heterocycles. The van der Waals surface area contributed by atoms with E-state index < -0.39 is 11.7 Å². The fraction of sp³-hybridized carbons (Fsp3) is 0.217. The average molecular weight is 464 g/mol. The van der Waals surface area contributed by atoms with Gasteiger partial charge in [-0.3, -0.25) is 5.43 Å². The van der Waals surface area contributed by atoms with Crippen molar-refractivity contribution in [1.82, 2.24) is 4.98 Å². The summed E-state index contributed by atoms with van der Waals surface area (Å²) in [6, 6.07) is 13.4. The van der Waals surface area contributed by atoms with Crippen molar-refractivity contribution in [2.24, 2.45) is 5.10 Å². The molecule has 1 heterocycles. The van der Waals surface area contributed by atoms with Gasteiger partial charge in [0.25, 0.3) is 0 Å². The van der Waals surface area contributed by atoms with E-state index in [1.165, 1.54) is 12.3 Å². The van der Waals surface area contributed by atoms with Crippen molar-refractivity contribution in [3.05, 3.63) is 82.0 Å². The van der Waals surface area contributed by atoms with Crippen molar-refractivity contribution in [2.75, 3.05) is 12.0 Å². The normalized spacial score (nSPS) is 11.6. The first kappa shape index (κ1) is 23.4. The largest absolute Gasteiger partial charge is 0.490 e. The summed E-state index contributed by atoms with van der Waals surface area (Å²) in [7, 11) is 0. The Labute approximate surface area is 188 Å². The minimum absolute atomic E-state index is 0.170. The summed E-state index contributed by atoms with van der Waals surface area (Å²) in [5.41, 5.74) is 4.52. The molecule has 32 heavy (non-hydrogen) atoms. The molecule has 0 amide bonds. The van der Waals surface area contributed by atoms with Gasteiger partial charge in [-0.2, -0.15) is 18.3 Å². The number of hydrogen-bond donors (Lipinski definition) is 1. The predicted molar refractivity (Wildman–Crippen MR) is 119 cm³/mol. The highest BCUT2D eigenvalue weighted by Crippen LogP contribution is 2.37. The maximum Gasteiger partial charge on any atom is 0.417 e. The van der Waals surface area contributed by atoms with Gasteiger partial charge in [-0.05, 0) is 49.2 Å². The highest BCUT2D eigenvalue weighted by atomic mass is 35.5. The lowest BCUT2D eigenvalue weighted by atomic mass is 10.1. The number of hydrazone groups is 1. The summed E-state index contributed by atoms with van der Waals surface area (Å²) in [4.78, 5) is 3.70. The van der Waals surface area contributed by atoms with Gasteiger partial charge in [0.05, 0.1) is 23.4 Å². The highest BCUT2D eigenvalue weighted by molar-refractivity contribution is 6.32. The Hall–Kier alpha value is -3.26. The molecule has 168 valence electrons. The Kier molecular flexibility index (Phi) is 7.58. The van der Waals surface area contributed by atoms with Crippen molar-refractivity contribution in [3.8, 4) is 11.5 Å². The SMILES string of the molecule is CCOc1cc(/C=N\Nc2ccc(C(F)(F)F)cn2)cc(Cl)c1OCc1ccc(C)cc1. The number of rotatable bonds is 8. The zero-order valence-electron chi connectivity index (χ0n) is 17.4. The molecule has 0 radical (unpaired) electrons. The van der Waals surface area contributed by atoms with E-state index >= 15 is 0 Å². The molecule has 0 unspecified atom stereocenters. The monoisotopic (exact) mass is 463 g/mol. The molecular formula is C23H21ClF3N3O2. The minimum atomic E-state index is -4.44. The third-order valence-corrected chi connectivity index (χ3v) is 4.60. The summed E-state index contributed by atoms with van der Waals surface area (Å²) < 4.78 is 49.4. The molecule has 0 saturated carbocycles. The molecule has 1 N–H and O–H groups in total. The van der Waals surface area contributed by atoms with E-state index in [1.807, 2.05) is 38.1 Å². The van der Waals surface area contributed by atoms with E-state index in [0.717, 1.165) is 23.4 Å². The Morgan fingerprint density at radius 1 is 1.09 bits per heavy atom. The number of nitrogens with one attached hydrogen (secondary N) is 1. The van der Waals surface area contributed by atoms with Gasteiger partial charge in [0.1, 0.15) is 12.4 Å². The number of aromatic nitrogens is 1. The van der Waals surface area contributed by atoms with Crippen LogP contribution in [0.5, 0.6) is 11.5 Å². The molecule has 2 aromatic carbocycles. The van der Waals surface area contributed by atoms with Gasteiger partial charge in [0.2, 0.25) is 0 Å². The summed E-state index contributed by atoms with van der Waals surface area (Å²) in [5, 5.41) is 4.35. The van der Waals surface area contributed by atoms with Gasteiger partial charge in [0, 0.05) is 6.20 Å². The average Bonchev–Trinajstić information content (AvgIpc) is 2.74. The smallest absolute Gasteiger partial charge is 0.417 e. The van der Waals surface area contributed by atoms with E-state index in [-0.39, 0.29) is 5.82 Å². The number of halogens is 4. The number of aryl methyl sites for hydroxylation is 1.